The molecule has 0 aromatic carbocycles. The fourth-order valence-corrected chi connectivity index (χ4v) is 1.66. The summed E-state index contributed by atoms with van der Waals surface area (Å²) in [6.45, 7) is 4.47. The van der Waals surface area contributed by atoms with Crippen LogP contribution in [-0.4, -0.2) is 11.5 Å². The van der Waals surface area contributed by atoms with E-state index in [0.717, 1.165) is 0 Å². The van der Waals surface area contributed by atoms with Gasteiger partial charge in [0.15, 0.2) is 0 Å². The molecule has 0 unspecified atom stereocenters. The first-order chi connectivity index (χ1) is 5.91. The summed E-state index contributed by atoms with van der Waals surface area (Å²) >= 11 is 2.04. The largest absolute Gasteiger partial charge is 0.162 e. The summed E-state index contributed by atoms with van der Waals surface area (Å²) in [5.74, 6) is 2.59. The first-order valence-electron chi connectivity index (χ1n) is 5.14. The van der Waals surface area contributed by atoms with Gasteiger partial charge in [-0.1, -0.05) is 38.8 Å². The van der Waals surface area contributed by atoms with Crippen molar-refractivity contribution in [2.45, 2.75) is 46.0 Å². The zero-order valence-electron chi connectivity index (χ0n) is 8.51. The highest BCUT2D eigenvalue weighted by Crippen LogP contribution is 2.04. The SMILES string of the molecule is CCCCC=CCCCSCC. The molecule has 0 saturated carbocycles. The van der Waals surface area contributed by atoms with Gasteiger partial charge in [0, 0.05) is 0 Å². The Morgan fingerprint density at radius 2 is 1.67 bits per heavy atom. The van der Waals surface area contributed by atoms with Crippen LogP contribution < -0.4 is 0 Å². The quantitative estimate of drug-likeness (QED) is 0.403. The zero-order valence-corrected chi connectivity index (χ0v) is 9.33. The Balaban J connectivity index is 2.92. The minimum Gasteiger partial charge on any atom is -0.162 e. The van der Waals surface area contributed by atoms with Crippen LogP contribution in [0.1, 0.15) is 46.0 Å². The Kier molecular flexibility index (Phi) is 11.2. The van der Waals surface area contributed by atoms with Gasteiger partial charge in [-0.2, -0.15) is 11.8 Å². The highest BCUT2D eigenvalue weighted by atomic mass is 32.2. The minimum absolute atomic E-state index is 1.26. The van der Waals surface area contributed by atoms with Crippen molar-refractivity contribution in [3.8, 4) is 0 Å². The van der Waals surface area contributed by atoms with Crippen molar-refractivity contribution in [2.24, 2.45) is 0 Å². The summed E-state index contributed by atoms with van der Waals surface area (Å²) < 4.78 is 0. The van der Waals surface area contributed by atoms with Crippen LogP contribution in [0.15, 0.2) is 12.2 Å². The molecule has 0 aromatic rings. The molecule has 0 aliphatic rings. The van der Waals surface area contributed by atoms with E-state index in [0.29, 0.717) is 0 Å². The average Bonchev–Trinajstić information content (AvgIpc) is 2.10. The molecular weight excluding hydrogens is 164 g/mol. The number of hydrogen-bond donors (Lipinski definition) is 0. The molecule has 0 saturated heterocycles. The van der Waals surface area contributed by atoms with Gasteiger partial charge in [0.2, 0.25) is 0 Å². The summed E-state index contributed by atoms with van der Waals surface area (Å²) in [5, 5.41) is 0. The highest BCUT2D eigenvalue weighted by molar-refractivity contribution is 7.99. The number of allylic oxidation sites excluding steroid dienone is 2. The Labute approximate surface area is 81.8 Å². The van der Waals surface area contributed by atoms with Crippen LogP contribution in [0.25, 0.3) is 0 Å². The second kappa shape index (κ2) is 11.1. The van der Waals surface area contributed by atoms with Crippen LogP contribution in [0.2, 0.25) is 0 Å². The number of thioether (sulfide) groups is 1. The molecule has 0 N–H and O–H groups in total. The highest BCUT2D eigenvalue weighted by Gasteiger charge is 1.84. The maximum absolute atomic E-state index is 2.34. The average molecular weight is 186 g/mol. The Morgan fingerprint density at radius 1 is 1.00 bits per heavy atom. The predicted octanol–water partition coefficient (Wildman–Crippen LogP) is 4.27. The van der Waals surface area contributed by atoms with E-state index >= 15 is 0 Å². The van der Waals surface area contributed by atoms with Crippen molar-refractivity contribution < 1.29 is 0 Å². The van der Waals surface area contributed by atoms with Crippen molar-refractivity contribution in [3.05, 3.63) is 12.2 Å². The van der Waals surface area contributed by atoms with Crippen LogP contribution in [0, 0.1) is 0 Å². The first kappa shape index (κ1) is 12.1. The molecule has 0 atom stereocenters. The number of rotatable bonds is 8. The fraction of sp³-hybridized carbons (Fsp3) is 0.818. The molecule has 0 amide bonds. The lowest BCUT2D eigenvalue weighted by Crippen LogP contribution is -1.78. The van der Waals surface area contributed by atoms with Gasteiger partial charge in [0.05, 0.1) is 0 Å². The van der Waals surface area contributed by atoms with E-state index in [-0.39, 0.29) is 0 Å². The lowest BCUT2D eigenvalue weighted by atomic mass is 10.2. The van der Waals surface area contributed by atoms with Gasteiger partial charge in [0.25, 0.3) is 0 Å². The van der Waals surface area contributed by atoms with Crippen molar-refractivity contribution in [3.63, 3.8) is 0 Å². The molecule has 0 aliphatic carbocycles. The van der Waals surface area contributed by atoms with Crippen LogP contribution in [0.3, 0.4) is 0 Å². The fourth-order valence-electron chi connectivity index (χ4n) is 1.01. The van der Waals surface area contributed by atoms with Gasteiger partial charge in [-0.3, -0.25) is 0 Å². The molecule has 0 radical (unpaired) electrons. The van der Waals surface area contributed by atoms with Crippen LogP contribution in [-0.2, 0) is 0 Å². The normalized spacial score (nSPS) is 11.2. The van der Waals surface area contributed by atoms with Gasteiger partial charge < -0.3 is 0 Å². The van der Waals surface area contributed by atoms with E-state index in [1.54, 1.807) is 0 Å². The van der Waals surface area contributed by atoms with Crippen molar-refractivity contribution in [1.82, 2.24) is 0 Å². The van der Waals surface area contributed by atoms with E-state index in [1.807, 2.05) is 11.8 Å². The zero-order chi connectivity index (χ0) is 9.07. The molecule has 0 spiro atoms. The first-order valence-corrected chi connectivity index (χ1v) is 6.30. The number of unbranched alkanes of at least 4 members (excludes halogenated alkanes) is 3. The van der Waals surface area contributed by atoms with Gasteiger partial charge in [-0.15, -0.1) is 0 Å². The minimum atomic E-state index is 1.26. The molecule has 1 heteroatoms. The van der Waals surface area contributed by atoms with Crippen LogP contribution >= 0.6 is 11.8 Å². The molecule has 0 aromatic heterocycles. The molecule has 72 valence electrons. The third-order valence-corrected chi connectivity index (χ3v) is 2.74. The second-order valence-corrected chi connectivity index (χ2v) is 4.35. The van der Waals surface area contributed by atoms with Gasteiger partial charge in [0.1, 0.15) is 0 Å². The van der Waals surface area contributed by atoms with Crippen molar-refractivity contribution >= 4 is 11.8 Å². The third-order valence-electron chi connectivity index (χ3n) is 1.75. The van der Waals surface area contributed by atoms with Crippen LogP contribution in [0.5, 0.6) is 0 Å². The summed E-state index contributed by atoms with van der Waals surface area (Å²) in [7, 11) is 0. The Hall–Kier alpha value is 0.0900. The lowest BCUT2D eigenvalue weighted by Gasteiger charge is -1.94. The molecule has 0 heterocycles. The van der Waals surface area contributed by atoms with Crippen molar-refractivity contribution in [2.75, 3.05) is 11.5 Å². The topological polar surface area (TPSA) is 0 Å². The molecule has 0 bridgehead atoms. The maximum atomic E-state index is 2.34. The summed E-state index contributed by atoms with van der Waals surface area (Å²) in [5.41, 5.74) is 0. The van der Waals surface area contributed by atoms with E-state index in [1.165, 1.54) is 43.6 Å². The molecular formula is C11H22S. The summed E-state index contributed by atoms with van der Waals surface area (Å²) in [6, 6.07) is 0. The van der Waals surface area contributed by atoms with E-state index in [2.05, 4.69) is 26.0 Å². The Morgan fingerprint density at radius 3 is 2.25 bits per heavy atom. The molecule has 0 fully saturated rings. The molecule has 0 aliphatic heterocycles. The maximum Gasteiger partial charge on any atom is -0.00647 e. The summed E-state index contributed by atoms with van der Waals surface area (Å²) in [4.78, 5) is 0. The number of hydrogen-bond acceptors (Lipinski definition) is 1. The standard InChI is InChI=1S/C11H22S/c1-3-5-6-7-8-9-10-11-12-4-2/h7-8H,3-6,9-11H2,1-2H3. The lowest BCUT2D eigenvalue weighted by molar-refractivity contribution is 0.810. The van der Waals surface area contributed by atoms with Gasteiger partial charge in [-0.25, -0.2) is 0 Å². The molecule has 0 nitrogen and oxygen atoms in total. The monoisotopic (exact) mass is 186 g/mol. The van der Waals surface area contributed by atoms with E-state index in [4.69, 9.17) is 0 Å². The Bertz CT molecular complexity index is 97.2. The van der Waals surface area contributed by atoms with Gasteiger partial charge >= 0.3 is 0 Å². The second-order valence-electron chi connectivity index (χ2n) is 2.95. The van der Waals surface area contributed by atoms with Gasteiger partial charge in [-0.05, 0) is 30.8 Å². The molecule has 12 heavy (non-hydrogen) atoms. The smallest absolute Gasteiger partial charge is 0.00647 e. The van der Waals surface area contributed by atoms with E-state index in [9.17, 15) is 0 Å². The van der Waals surface area contributed by atoms with Crippen LogP contribution in [0.4, 0.5) is 0 Å². The summed E-state index contributed by atoms with van der Waals surface area (Å²) in [6.07, 6.45) is 11.2. The predicted molar refractivity (Wildman–Crippen MR) is 60.9 cm³/mol. The van der Waals surface area contributed by atoms with E-state index < -0.39 is 0 Å². The third kappa shape index (κ3) is 10.1. The van der Waals surface area contributed by atoms with Crippen molar-refractivity contribution in [1.29, 1.82) is 0 Å². The molecule has 0 rings (SSSR count).